The average molecular weight is 276 g/mol. The van der Waals surface area contributed by atoms with Crippen molar-refractivity contribution in [3.8, 4) is 0 Å². The molecule has 2 saturated heterocycles. The number of rotatable bonds is 4. The quantitative estimate of drug-likeness (QED) is 0.864. The normalized spacial score (nSPS) is 27.9. The monoisotopic (exact) mass is 276 g/mol. The van der Waals surface area contributed by atoms with Gasteiger partial charge in [0.2, 0.25) is 0 Å². The van der Waals surface area contributed by atoms with E-state index in [-0.39, 0.29) is 0 Å². The Kier molecular flexibility index (Phi) is 4.50. The highest BCUT2D eigenvalue weighted by Crippen LogP contribution is 2.17. The summed E-state index contributed by atoms with van der Waals surface area (Å²) in [5.74, 6) is 1.73. The van der Waals surface area contributed by atoms with Crippen LogP contribution in [0.15, 0.2) is 24.4 Å². The van der Waals surface area contributed by atoms with E-state index in [0.717, 1.165) is 51.8 Å². The molecule has 3 rings (SSSR count). The highest BCUT2D eigenvalue weighted by molar-refractivity contribution is 5.38. The van der Waals surface area contributed by atoms with Gasteiger partial charge in [-0.1, -0.05) is 6.07 Å². The maximum atomic E-state index is 5.58. The second-order valence-electron chi connectivity index (χ2n) is 5.67. The van der Waals surface area contributed by atoms with Crippen molar-refractivity contribution in [2.24, 2.45) is 5.92 Å². The summed E-state index contributed by atoms with van der Waals surface area (Å²) in [7, 11) is 2.03. The lowest BCUT2D eigenvalue weighted by atomic mass is 10.0. The molecule has 0 bridgehead atoms. The molecule has 20 heavy (non-hydrogen) atoms. The summed E-state index contributed by atoms with van der Waals surface area (Å²) in [6.07, 6.45) is 1.87. The first-order valence-corrected chi connectivity index (χ1v) is 7.50. The molecule has 0 spiro atoms. The second kappa shape index (κ2) is 6.52. The van der Waals surface area contributed by atoms with Gasteiger partial charge in [-0.2, -0.15) is 0 Å². The standard InChI is InChI=1S/C15H24N4O/c1-16-14-12-20-11-13(14)10-18-6-8-19(9-7-18)15-4-2-3-5-17-15/h2-5,13-14,16H,6-12H2,1H3. The van der Waals surface area contributed by atoms with E-state index in [4.69, 9.17) is 4.74 Å². The van der Waals surface area contributed by atoms with E-state index in [9.17, 15) is 0 Å². The van der Waals surface area contributed by atoms with E-state index in [1.54, 1.807) is 0 Å². The largest absolute Gasteiger partial charge is 0.379 e. The van der Waals surface area contributed by atoms with Crippen molar-refractivity contribution in [2.45, 2.75) is 6.04 Å². The van der Waals surface area contributed by atoms with E-state index < -0.39 is 0 Å². The molecule has 0 aliphatic carbocycles. The molecule has 0 saturated carbocycles. The number of hydrogen-bond donors (Lipinski definition) is 1. The minimum Gasteiger partial charge on any atom is -0.379 e. The van der Waals surface area contributed by atoms with Gasteiger partial charge in [0.15, 0.2) is 0 Å². The van der Waals surface area contributed by atoms with Crippen molar-refractivity contribution in [3.05, 3.63) is 24.4 Å². The maximum Gasteiger partial charge on any atom is 0.128 e. The van der Waals surface area contributed by atoms with Gasteiger partial charge in [-0.25, -0.2) is 4.98 Å². The van der Waals surface area contributed by atoms with Crippen LogP contribution in [0.4, 0.5) is 5.82 Å². The third-order valence-corrected chi connectivity index (χ3v) is 4.41. The van der Waals surface area contributed by atoms with Gasteiger partial charge in [-0.3, -0.25) is 4.90 Å². The Balaban J connectivity index is 1.49. The molecular weight excluding hydrogens is 252 g/mol. The van der Waals surface area contributed by atoms with Crippen molar-refractivity contribution in [2.75, 3.05) is 57.9 Å². The first-order chi connectivity index (χ1) is 9.86. The SMILES string of the molecule is CNC1COCC1CN1CCN(c2ccccn2)CC1. The second-order valence-corrected chi connectivity index (χ2v) is 5.67. The number of anilines is 1. The molecule has 5 heteroatoms. The molecule has 3 heterocycles. The molecule has 1 N–H and O–H groups in total. The predicted octanol–water partition coefficient (Wildman–Crippen LogP) is 0.438. The molecule has 2 aliphatic heterocycles. The van der Waals surface area contributed by atoms with Crippen molar-refractivity contribution in [1.29, 1.82) is 0 Å². The summed E-state index contributed by atoms with van der Waals surface area (Å²) in [6.45, 7) is 7.25. The lowest BCUT2D eigenvalue weighted by Crippen LogP contribution is -2.50. The molecule has 2 atom stereocenters. The lowest BCUT2D eigenvalue weighted by Gasteiger charge is -2.37. The fraction of sp³-hybridized carbons (Fsp3) is 0.667. The predicted molar refractivity (Wildman–Crippen MR) is 80.0 cm³/mol. The van der Waals surface area contributed by atoms with Crippen molar-refractivity contribution in [3.63, 3.8) is 0 Å². The van der Waals surface area contributed by atoms with Gasteiger partial charge >= 0.3 is 0 Å². The molecule has 0 aromatic carbocycles. The number of nitrogens with zero attached hydrogens (tertiary/aromatic N) is 3. The summed E-state index contributed by atoms with van der Waals surface area (Å²) < 4.78 is 5.58. The molecule has 2 fully saturated rings. The summed E-state index contributed by atoms with van der Waals surface area (Å²) in [5.41, 5.74) is 0. The van der Waals surface area contributed by atoms with Gasteiger partial charge in [0.1, 0.15) is 5.82 Å². The highest BCUT2D eigenvalue weighted by atomic mass is 16.5. The van der Waals surface area contributed by atoms with Crippen LogP contribution in [0.5, 0.6) is 0 Å². The summed E-state index contributed by atoms with van der Waals surface area (Å²) in [5, 5.41) is 3.37. The first kappa shape index (κ1) is 13.8. The molecule has 2 aliphatic rings. The zero-order chi connectivity index (χ0) is 13.8. The van der Waals surface area contributed by atoms with Crippen LogP contribution in [0.2, 0.25) is 0 Å². The molecule has 0 amide bonds. The zero-order valence-electron chi connectivity index (χ0n) is 12.2. The Labute approximate surface area is 120 Å². The minimum atomic E-state index is 0.517. The van der Waals surface area contributed by atoms with Gasteiger partial charge < -0.3 is 15.0 Å². The first-order valence-electron chi connectivity index (χ1n) is 7.50. The molecule has 1 aromatic rings. The van der Waals surface area contributed by atoms with Crippen LogP contribution in [0.25, 0.3) is 0 Å². The van der Waals surface area contributed by atoms with Crippen molar-refractivity contribution in [1.82, 2.24) is 15.2 Å². The summed E-state index contributed by atoms with van der Waals surface area (Å²) in [6, 6.07) is 6.64. The third-order valence-electron chi connectivity index (χ3n) is 4.41. The fourth-order valence-electron chi connectivity index (χ4n) is 3.13. The van der Waals surface area contributed by atoms with E-state index in [1.165, 1.54) is 0 Å². The Hall–Kier alpha value is -1.17. The number of piperazine rings is 1. The van der Waals surface area contributed by atoms with Crippen molar-refractivity contribution >= 4 is 5.82 Å². The molecular formula is C15H24N4O. The molecule has 110 valence electrons. The van der Waals surface area contributed by atoms with Gasteiger partial charge in [0, 0.05) is 50.9 Å². The van der Waals surface area contributed by atoms with Crippen LogP contribution >= 0.6 is 0 Å². The van der Waals surface area contributed by atoms with E-state index in [1.807, 2.05) is 19.3 Å². The molecule has 2 unspecified atom stereocenters. The summed E-state index contributed by atoms with van der Waals surface area (Å²) in [4.78, 5) is 9.36. The number of likely N-dealkylation sites (N-methyl/N-ethyl adjacent to an activating group) is 1. The maximum absolute atomic E-state index is 5.58. The highest BCUT2D eigenvalue weighted by Gasteiger charge is 2.29. The number of hydrogen-bond acceptors (Lipinski definition) is 5. The van der Waals surface area contributed by atoms with Gasteiger partial charge in [-0.05, 0) is 19.2 Å². The fourth-order valence-corrected chi connectivity index (χ4v) is 3.13. The van der Waals surface area contributed by atoms with Gasteiger partial charge in [-0.15, -0.1) is 0 Å². The Morgan fingerprint density at radius 1 is 1.25 bits per heavy atom. The van der Waals surface area contributed by atoms with Gasteiger partial charge in [0.05, 0.1) is 13.2 Å². The molecule has 5 nitrogen and oxygen atoms in total. The van der Waals surface area contributed by atoms with Crippen LogP contribution in [-0.4, -0.2) is 68.9 Å². The van der Waals surface area contributed by atoms with E-state index >= 15 is 0 Å². The number of ether oxygens (including phenoxy) is 1. The van der Waals surface area contributed by atoms with Gasteiger partial charge in [0.25, 0.3) is 0 Å². The Morgan fingerprint density at radius 3 is 2.80 bits per heavy atom. The summed E-state index contributed by atoms with van der Waals surface area (Å²) >= 11 is 0. The number of aromatic nitrogens is 1. The van der Waals surface area contributed by atoms with Crippen LogP contribution in [0, 0.1) is 5.92 Å². The average Bonchev–Trinajstić information content (AvgIpc) is 2.96. The van der Waals surface area contributed by atoms with Crippen molar-refractivity contribution < 1.29 is 4.74 Å². The van der Waals surface area contributed by atoms with E-state index in [2.05, 4.69) is 32.2 Å². The smallest absolute Gasteiger partial charge is 0.128 e. The minimum absolute atomic E-state index is 0.517. The lowest BCUT2D eigenvalue weighted by molar-refractivity contribution is 0.164. The zero-order valence-corrected chi connectivity index (χ0v) is 12.2. The van der Waals surface area contributed by atoms with Crippen LogP contribution in [0.3, 0.4) is 0 Å². The Bertz CT molecular complexity index is 406. The topological polar surface area (TPSA) is 40.6 Å². The molecule has 1 aromatic heterocycles. The van der Waals surface area contributed by atoms with Crippen LogP contribution in [0.1, 0.15) is 0 Å². The number of nitrogens with one attached hydrogen (secondary N) is 1. The van der Waals surface area contributed by atoms with Crippen LogP contribution in [-0.2, 0) is 4.74 Å². The Morgan fingerprint density at radius 2 is 2.10 bits per heavy atom. The van der Waals surface area contributed by atoms with E-state index in [0.29, 0.717) is 12.0 Å². The third kappa shape index (κ3) is 3.11. The molecule has 0 radical (unpaired) electrons. The number of pyridine rings is 1. The van der Waals surface area contributed by atoms with Crippen LogP contribution < -0.4 is 10.2 Å².